The van der Waals surface area contributed by atoms with Gasteiger partial charge in [0.1, 0.15) is 0 Å². The first-order chi connectivity index (χ1) is 15.3. The van der Waals surface area contributed by atoms with Crippen molar-refractivity contribution in [2.24, 2.45) is 0 Å². The fourth-order valence-electron chi connectivity index (χ4n) is 3.66. The third-order valence-corrected chi connectivity index (χ3v) is 7.42. The minimum absolute atomic E-state index is 0.102. The summed E-state index contributed by atoms with van der Waals surface area (Å²) in [6, 6.07) is 12.4. The number of methoxy groups -OCH3 is 2. The molecule has 1 saturated heterocycles. The van der Waals surface area contributed by atoms with Crippen LogP contribution in [0.5, 0.6) is 11.5 Å². The van der Waals surface area contributed by atoms with Crippen LogP contribution in [0.1, 0.15) is 17.5 Å². The van der Waals surface area contributed by atoms with Gasteiger partial charge in [0.25, 0.3) is 0 Å². The van der Waals surface area contributed by atoms with E-state index in [1.807, 2.05) is 24.0 Å². The molecule has 1 aliphatic heterocycles. The number of carbonyl (C=O) groups excluding carboxylic acids is 1. The molecule has 1 heterocycles. The summed E-state index contributed by atoms with van der Waals surface area (Å²) in [5.41, 5.74) is 1.92. The number of sulfonamides is 1. The zero-order chi connectivity index (χ0) is 23.1. The van der Waals surface area contributed by atoms with E-state index in [0.717, 1.165) is 11.1 Å². The van der Waals surface area contributed by atoms with Crippen molar-refractivity contribution in [2.45, 2.75) is 24.8 Å². The van der Waals surface area contributed by atoms with Crippen LogP contribution in [0.15, 0.2) is 47.4 Å². The smallest absolute Gasteiger partial charge is 0.243 e. The maximum absolute atomic E-state index is 12.9. The van der Waals surface area contributed by atoms with Crippen molar-refractivity contribution in [2.75, 3.05) is 46.9 Å². The topological polar surface area (TPSA) is 88.2 Å². The van der Waals surface area contributed by atoms with Crippen LogP contribution in [0.4, 0.5) is 0 Å². The first-order valence-corrected chi connectivity index (χ1v) is 12.0. The summed E-state index contributed by atoms with van der Waals surface area (Å²) in [4.78, 5) is 14.8. The summed E-state index contributed by atoms with van der Waals surface area (Å²) < 4.78 is 37.9. The number of ether oxygens (including phenoxy) is 2. The van der Waals surface area contributed by atoms with Gasteiger partial charge >= 0.3 is 0 Å². The monoisotopic (exact) mass is 461 g/mol. The largest absolute Gasteiger partial charge is 0.493 e. The molecule has 1 amide bonds. The Morgan fingerprint density at radius 1 is 0.969 bits per heavy atom. The molecule has 0 unspecified atom stereocenters. The van der Waals surface area contributed by atoms with E-state index in [2.05, 4.69) is 5.32 Å². The fourth-order valence-corrected chi connectivity index (χ4v) is 5.12. The van der Waals surface area contributed by atoms with Gasteiger partial charge in [-0.05, 0) is 49.7 Å². The summed E-state index contributed by atoms with van der Waals surface area (Å²) in [6.45, 7) is 4.51. The lowest BCUT2D eigenvalue weighted by Crippen LogP contribution is -2.39. The zero-order valence-corrected chi connectivity index (χ0v) is 19.7. The number of rotatable bonds is 8. The van der Waals surface area contributed by atoms with Crippen LogP contribution in [0.3, 0.4) is 0 Å². The van der Waals surface area contributed by atoms with Crippen LogP contribution in [0.2, 0.25) is 0 Å². The molecular weight excluding hydrogens is 430 g/mol. The molecule has 0 saturated carbocycles. The molecule has 174 valence electrons. The van der Waals surface area contributed by atoms with Gasteiger partial charge in [-0.2, -0.15) is 4.31 Å². The van der Waals surface area contributed by atoms with Crippen molar-refractivity contribution in [3.8, 4) is 11.5 Å². The third kappa shape index (κ3) is 5.99. The van der Waals surface area contributed by atoms with Crippen LogP contribution in [0, 0.1) is 6.92 Å². The highest BCUT2D eigenvalue weighted by Gasteiger charge is 2.27. The first kappa shape index (κ1) is 24.0. The lowest BCUT2D eigenvalue weighted by Gasteiger charge is -2.21. The van der Waals surface area contributed by atoms with Crippen molar-refractivity contribution in [3.63, 3.8) is 0 Å². The molecule has 8 nitrogen and oxygen atoms in total. The van der Waals surface area contributed by atoms with Gasteiger partial charge in [0.15, 0.2) is 11.5 Å². The Morgan fingerprint density at radius 3 is 2.38 bits per heavy atom. The molecule has 0 radical (unpaired) electrons. The Bertz CT molecular complexity index is 1020. The van der Waals surface area contributed by atoms with E-state index in [9.17, 15) is 13.2 Å². The Balaban J connectivity index is 1.52. The maximum Gasteiger partial charge on any atom is 0.243 e. The Labute approximate surface area is 190 Å². The molecule has 0 bridgehead atoms. The van der Waals surface area contributed by atoms with Gasteiger partial charge < -0.3 is 14.8 Å². The quantitative estimate of drug-likeness (QED) is 0.647. The highest BCUT2D eigenvalue weighted by Crippen LogP contribution is 2.27. The van der Waals surface area contributed by atoms with Crippen molar-refractivity contribution in [1.29, 1.82) is 0 Å². The molecule has 3 rings (SSSR count). The zero-order valence-electron chi connectivity index (χ0n) is 18.8. The molecule has 0 atom stereocenters. The summed E-state index contributed by atoms with van der Waals surface area (Å²) in [5.74, 6) is 1.15. The summed E-state index contributed by atoms with van der Waals surface area (Å²) >= 11 is 0. The van der Waals surface area contributed by atoms with Crippen LogP contribution in [-0.4, -0.2) is 70.5 Å². The Hall–Kier alpha value is -2.62. The average Bonchev–Trinajstić information content (AvgIpc) is 3.03. The minimum Gasteiger partial charge on any atom is -0.493 e. The van der Waals surface area contributed by atoms with E-state index in [4.69, 9.17) is 9.47 Å². The van der Waals surface area contributed by atoms with E-state index in [-0.39, 0.29) is 12.5 Å². The minimum atomic E-state index is -3.53. The molecule has 1 fully saturated rings. The van der Waals surface area contributed by atoms with Crippen LogP contribution < -0.4 is 14.8 Å². The van der Waals surface area contributed by atoms with Crippen molar-refractivity contribution >= 4 is 15.9 Å². The van der Waals surface area contributed by atoms with Crippen LogP contribution in [-0.2, 0) is 21.4 Å². The van der Waals surface area contributed by atoms with Crippen LogP contribution in [0.25, 0.3) is 0 Å². The SMILES string of the molecule is COc1ccc(CNC(=O)CN2CCCN(S(=O)(=O)c3ccc(C)cc3)CC2)cc1OC. The van der Waals surface area contributed by atoms with Gasteiger partial charge in [-0.15, -0.1) is 0 Å². The molecule has 2 aromatic carbocycles. The van der Waals surface area contributed by atoms with Crippen molar-refractivity contribution < 1.29 is 22.7 Å². The number of benzene rings is 2. The van der Waals surface area contributed by atoms with Crippen molar-refractivity contribution in [1.82, 2.24) is 14.5 Å². The van der Waals surface area contributed by atoms with E-state index >= 15 is 0 Å². The normalized spacial score (nSPS) is 15.7. The number of aryl methyl sites for hydroxylation is 1. The molecule has 1 N–H and O–H groups in total. The highest BCUT2D eigenvalue weighted by atomic mass is 32.2. The average molecular weight is 462 g/mol. The van der Waals surface area contributed by atoms with E-state index < -0.39 is 10.0 Å². The third-order valence-electron chi connectivity index (χ3n) is 5.51. The number of carbonyl (C=O) groups is 1. The lowest BCUT2D eigenvalue weighted by atomic mass is 10.2. The van der Waals surface area contributed by atoms with Gasteiger partial charge in [-0.25, -0.2) is 8.42 Å². The van der Waals surface area contributed by atoms with E-state index in [0.29, 0.717) is 55.5 Å². The second-order valence-corrected chi connectivity index (χ2v) is 9.75. The molecule has 1 aliphatic rings. The molecule has 0 spiro atoms. The summed E-state index contributed by atoms with van der Waals surface area (Å²) in [6.07, 6.45) is 0.675. The standard InChI is InChI=1S/C23H31N3O5S/c1-18-5-8-20(9-6-18)32(28,29)26-12-4-11-25(13-14-26)17-23(27)24-16-19-7-10-21(30-2)22(15-19)31-3/h5-10,15H,4,11-14,16-17H2,1-3H3,(H,24,27). The number of nitrogens with zero attached hydrogens (tertiary/aromatic N) is 2. The van der Waals surface area contributed by atoms with Gasteiger partial charge in [-0.1, -0.05) is 23.8 Å². The van der Waals surface area contributed by atoms with Gasteiger partial charge in [0, 0.05) is 26.2 Å². The fraction of sp³-hybridized carbons (Fsp3) is 0.435. The van der Waals surface area contributed by atoms with Gasteiger partial charge in [0.2, 0.25) is 15.9 Å². The Morgan fingerprint density at radius 2 is 1.69 bits per heavy atom. The first-order valence-electron chi connectivity index (χ1n) is 10.6. The molecule has 0 aromatic heterocycles. The molecular formula is C23H31N3O5S. The summed E-state index contributed by atoms with van der Waals surface area (Å²) in [7, 11) is -0.380. The molecule has 2 aromatic rings. The Kier molecular flexibility index (Phi) is 8.11. The van der Waals surface area contributed by atoms with Gasteiger partial charge in [0.05, 0.1) is 25.7 Å². The molecule has 9 heteroatoms. The van der Waals surface area contributed by atoms with E-state index in [1.54, 1.807) is 44.6 Å². The number of amides is 1. The number of nitrogens with one attached hydrogen (secondary N) is 1. The predicted octanol–water partition coefficient (Wildman–Crippen LogP) is 2.03. The molecule has 0 aliphatic carbocycles. The second-order valence-electron chi connectivity index (χ2n) is 7.81. The lowest BCUT2D eigenvalue weighted by molar-refractivity contribution is -0.122. The predicted molar refractivity (Wildman–Crippen MR) is 122 cm³/mol. The van der Waals surface area contributed by atoms with Crippen molar-refractivity contribution in [3.05, 3.63) is 53.6 Å². The van der Waals surface area contributed by atoms with E-state index in [1.165, 1.54) is 4.31 Å². The highest BCUT2D eigenvalue weighted by molar-refractivity contribution is 7.89. The number of hydrogen-bond acceptors (Lipinski definition) is 6. The summed E-state index contributed by atoms with van der Waals surface area (Å²) in [5, 5.41) is 2.92. The van der Waals surface area contributed by atoms with Crippen LogP contribution >= 0.6 is 0 Å². The maximum atomic E-state index is 12.9. The molecule has 32 heavy (non-hydrogen) atoms. The number of hydrogen-bond donors (Lipinski definition) is 1. The second kappa shape index (κ2) is 10.8. The van der Waals surface area contributed by atoms with Gasteiger partial charge in [-0.3, -0.25) is 9.69 Å².